The van der Waals surface area contributed by atoms with Crippen molar-refractivity contribution in [1.29, 1.82) is 0 Å². The third-order valence-electron chi connectivity index (χ3n) is 2.37. The largest absolute Gasteiger partial charge is 0.496 e. The number of carboxylic acids is 1. The average Bonchev–Trinajstić information content (AvgIpc) is 2.37. The molecular weight excluding hydrogens is 238 g/mol. The number of methoxy groups -OCH3 is 2. The smallest absolute Gasteiger partial charge is 0.325 e. The summed E-state index contributed by atoms with van der Waals surface area (Å²) in [6.45, 7) is 1.38. The number of carbonyl (C=O) groups is 2. The van der Waals surface area contributed by atoms with Crippen LogP contribution in [-0.2, 0) is 4.79 Å². The Labute approximate surface area is 105 Å². The number of benzene rings is 1. The van der Waals surface area contributed by atoms with Crippen LogP contribution in [0.3, 0.4) is 0 Å². The highest BCUT2D eigenvalue weighted by Crippen LogP contribution is 2.27. The monoisotopic (exact) mass is 253 g/mol. The second-order valence-electron chi connectivity index (χ2n) is 3.57. The lowest BCUT2D eigenvalue weighted by Crippen LogP contribution is -2.38. The number of carboxylic acid groups (broad SMARTS) is 1. The Kier molecular flexibility index (Phi) is 4.53. The highest BCUT2D eigenvalue weighted by atomic mass is 16.5. The van der Waals surface area contributed by atoms with Crippen molar-refractivity contribution < 1.29 is 24.2 Å². The maximum Gasteiger partial charge on any atom is 0.325 e. The lowest BCUT2D eigenvalue weighted by Gasteiger charge is -2.14. The van der Waals surface area contributed by atoms with Gasteiger partial charge in [-0.3, -0.25) is 9.59 Å². The Morgan fingerprint density at radius 3 is 2.11 bits per heavy atom. The number of aliphatic carboxylic acids is 1. The first-order valence-corrected chi connectivity index (χ1v) is 5.26. The molecule has 2 N–H and O–H groups in total. The van der Waals surface area contributed by atoms with Crippen LogP contribution in [0.25, 0.3) is 0 Å². The molecule has 0 radical (unpaired) electrons. The fourth-order valence-electron chi connectivity index (χ4n) is 1.41. The minimum atomic E-state index is -1.11. The zero-order valence-corrected chi connectivity index (χ0v) is 10.4. The predicted octanol–water partition coefficient (Wildman–Crippen LogP) is 0.907. The molecule has 0 heterocycles. The van der Waals surface area contributed by atoms with Crippen molar-refractivity contribution in [1.82, 2.24) is 5.32 Å². The third-order valence-corrected chi connectivity index (χ3v) is 2.37. The number of amides is 1. The zero-order chi connectivity index (χ0) is 13.7. The average molecular weight is 253 g/mol. The van der Waals surface area contributed by atoms with E-state index in [1.165, 1.54) is 21.1 Å². The van der Waals surface area contributed by atoms with E-state index in [1.807, 2.05) is 0 Å². The van der Waals surface area contributed by atoms with Crippen LogP contribution in [0.4, 0.5) is 0 Å². The van der Waals surface area contributed by atoms with Crippen molar-refractivity contribution >= 4 is 11.9 Å². The molecule has 1 rings (SSSR count). The fraction of sp³-hybridized carbons (Fsp3) is 0.333. The van der Waals surface area contributed by atoms with Crippen LogP contribution in [0.5, 0.6) is 11.5 Å². The van der Waals surface area contributed by atoms with Gasteiger partial charge in [-0.05, 0) is 19.1 Å². The molecule has 0 aliphatic carbocycles. The molecule has 18 heavy (non-hydrogen) atoms. The molecule has 0 saturated carbocycles. The molecule has 6 nitrogen and oxygen atoms in total. The van der Waals surface area contributed by atoms with Crippen molar-refractivity contribution in [2.24, 2.45) is 0 Å². The van der Waals surface area contributed by atoms with Crippen LogP contribution < -0.4 is 14.8 Å². The van der Waals surface area contributed by atoms with Gasteiger partial charge in [0.25, 0.3) is 5.91 Å². The van der Waals surface area contributed by atoms with E-state index in [2.05, 4.69) is 5.32 Å². The van der Waals surface area contributed by atoms with Gasteiger partial charge in [-0.1, -0.05) is 6.07 Å². The van der Waals surface area contributed by atoms with Crippen LogP contribution in [0.1, 0.15) is 17.3 Å². The molecule has 1 unspecified atom stereocenters. The van der Waals surface area contributed by atoms with Crippen molar-refractivity contribution in [2.75, 3.05) is 14.2 Å². The van der Waals surface area contributed by atoms with Gasteiger partial charge < -0.3 is 19.9 Å². The minimum Gasteiger partial charge on any atom is -0.496 e. The Morgan fingerprint density at radius 1 is 1.22 bits per heavy atom. The summed E-state index contributed by atoms with van der Waals surface area (Å²) in [7, 11) is 2.85. The lowest BCUT2D eigenvalue weighted by atomic mass is 10.1. The first-order chi connectivity index (χ1) is 8.51. The third kappa shape index (κ3) is 2.91. The highest BCUT2D eigenvalue weighted by molar-refractivity contribution is 6.01. The maximum atomic E-state index is 12.0. The Bertz CT molecular complexity index is 436. The maximum absolute atomic E-state index is 12.0. The van der Waals surface area contributed by atoms with E-state index < -0.39 is 17.9 Å². The normalized spacial score (nSPS) is 11.5. The van der Waals surface area contributed by atoms with Gasteiger partial charge in [0.15, 0.2) is 0 Å². The Morgan fingerprint density at radius 2 is 1.72 bits per heavy atom. The summed E-state index contributed by atoms with van der Waals surface area (Å²) in [4.78, 5) is 22.7. The van der Waals surface area contributed by atoms with Crippen LogP contribution >= 0.6 is 0 Å². The number of ether oxygens (including phenoxy) is 2. The van der Waals surface area contributed by atoms with E-state index in [0.29, 0.717) is 11.5 Å². The molecule has 6 heteroatoms. The summed E-state index contributed by atoms with van der Waals surface area (Å²) < 4.78 is 10.1. The van der Waals surface area contributed by atoms with Crippen LogP contribution in [0.15, 0.2) is 18.2 Å². The number of carbonyl (C=O) groups excluding carboxylic acids is 1. The molecule has 98 valence electrons. The van der Waals surface area contributed by atoms with E-state index in [-0.39, 0.29) is 5.56 Å². The van der Waals surface area contributed by atoms with Gasteiger partial charge in [0.1, 0.15) is 23.1 Å². The quantitative estimate of drug-likeness (QED) is 0.814. The zero-order valence-electron chi connectivity index (χ0n) is 10.4. The SMILES string of the molecule is COc1cccc(OC)c1C(=O)NC(C)C(=O)O. The van der Waals surface area contributed by atoms with Crippen LogP contribution in [0, 0.1) is 0 Å². The van der Waals surface area contributed by atoms with E-state index in [9.17, 15) is 9.59 Å². The topological polar surface area (TPSA) is 84.9 Å². The second kappa shape index (κ2) is 5.90. The van der Waals surface area contributed by atoms with E-state index in [4.69, 9.17) is 14.6 Å². The molecule has 1 atom stereocenters. The molecule has 0 aromatic heterocycles. The summed E-state index contributed by atoms with van der Waals surface area (Å²) in [5.74, 6) is -1.02. The summed E-state index contributed by atoms with van der Waals surface area (Å²) in [5.41, 5.74) is 0.176. The molecule has 1 amide bonds. The van der Waals surface area contributed by atoms with Crippen molar-refractivity contribution in [3.63, 3.8) is 0 Å². The van der Waals surface area contributed by atoms with E-state index in [0.717, 1.165) is 0 Å². The molecule has 1 aromatic carbocycles. The van der Waals surface area contributed by atoms with Crippen molar-refractivity contribution in [2.45, 2.75) is 13.0 Å². The summed E-state index contributed by atoms with van der Waals surface area (Å²) >= 11 is 0. The molecule has 0 saturated heterocycles. The summed E-state index contributed by atoms with van der Waals surface area (Å²) in [6, 6.07) is 3.88. The fourth-order valence-corrected chi connectivity index (χ4v) is 1.41. The van der Waals surface area contributed by atoms with E-state index >= 15 is 0 Å². The van der Waals surface area contributed by atoms with Crippen LogP contribution in [-0.4, -0.2) is 37.2 Å². The Hall–Kier alpha value is -2.24. The van der Waals surface area contributed by atoms with Gasteiger partial charge >= 0.3 is 5.97 Å². The molecule has 0 fully saturated rings. The van der Waals surface area contributed by atoms with Gasteiger partial charge in [0, 0.05) is 0 Å². The standard InChI is InChI=1S/C12H15NO5/c1-7(12(15)16)13-11(14)10-8(17-2)5-4-6-9(10)18-3/h4-7H,1-3H3,(H,13,14)(H,15,16). The Balaban J connectivity index is 3.07. The van der Waals surface area contributed by atoms with E-state index in [1.54, 1.807) is 18.2 Å². The summed E-state index contributed by atoms with van der Waals surface area (Å²) in [6.07, 6.45) is 0. The first kappa shape index (κ1) is 13.8. The van der Waals surface area contributed by atoms with Gasteiger partial charge in [-0.2, -0.15) is 0 Å². The highest BCUT2D eigenvalue weighted by Gasteiger charge is 2.21. The number of rotatable bonds is 5. The molecular formula is C12H15NO5. The first-order valence-electron chi connectivity index (χ1n) is 5.26. The number of nitrogens with one attached hydrogen (secondary N) is 1. The second-order valence-corrected chi connectivity index (χ2v) is 3.57. The molecule has 0 bridgehead atoms. The molecule has 0 spiro atoms. The molecule has 0 aliphatic rings. The predicted molar refractivity (Wildman–Crippen MR) is 64.1 cm³/mol. The van der Waals surface area contributed by atoms with Gasteiger partial charge in [-0.25, -0.2) is 0 Å². The van der Waals surface area contributed by atoms with Crippen molar-refractivity contribution in [3.8, 4) is 11.5 Å². The number of hydrogen-bond donors (Lipinski definition) is 2. The minimum absolute atomic E-state index is 0.176. The molecule has 0 aliphatic heterocycles. The van der Waals surface area contributed by atoms with Gasteiger partial charge in [-0.15, -0.1) is 0 Å². The van der Waals surface area contributed by atoms with Gasteiger partial charge in [0.05, 0.1) is 14.2 Å². The summed E-state index contributed by atoms with van der Waals surface area (Å²) in [5, 5.41) is 11.1. The number of hydrogen-bond acceptors (Lipinski definition) is 4. The molecule has 1 aromatic rings. The lowest BCUT2D eigenvalue weighted by molar-refractivity contribution is -0.138. The van der Waals surface area contributed by atoms with Crippen molar-refractivity contribution in [3.05, 3.63) is 23.8 Å². The van der Waals surface area contributed by atoms with Crippen LogP contribution in [0.2, 0.25) is 0 Å². The van der Waals surface area contributed by atoms with Gasteiger partial charge in [0.2, 0.25) is 0 Å².